The second-order valence-corrected chi connectivity index (χ2v) is 4.79. The molecule has 4 heteroatoms. The summed E-state index contributed by atoms with van der Waals surface area (Å²) in [5.74, 6) is 0.306. The number of nitrogens with zero attached hydrogens (tertiary/aromatic N) is 1. The molecule has 2 rings (SSSR count). The molecule has 0 aliphatic heterocycles. The molecule has 0 saturated heterocycles. The molecule has 0 fully saturated rings. The molecular formula is C14H14FNOS. The maximum Gasteiger partial charge on any atom is 0.213 e. The molecule has 0 amide bonds. The van der Waals surface area contributed by atoms with Crippen molar-refractivity contribution in [3.8, 4) is 5.88 Å². The molecule has 1 atom stereocenters. The standard InChI is InChI=1S/C14H14FNOS/c1-10(18)12-6-7-16-14(8-12)17-9-11-2-4-13(15)5-3-11/h2-8,10,18H,9H2,1H3. The van der Waals surface area contributed by atoms with E-state index in [1.807, 2.05) is 19.1 Å². The van der Waals surface area contributed by atoms with Gasteiger partial charge in [-0.15, -0.1) is 0 Å². The lowest BCUT2D eigenvalue weighted by Gasteiger charge is -2.08. The van der Waals surface area contributed by atoms with Crippen molar-refractivity contribution in [2.24, 2.45) is 0 Å². The van der Waals surface area contributed by atoms with Crippen LogP contribution in [0.25, 0.3) is 0 Å². The van der Waals surface area contributed by atoms with Crippen LogP contribution in [-0.4, -0.2) is 4.98 Å². The molecular weight excluding hydrogens is 249 g/mol. The number of rotatable bonds is 4. The van der Waals surface area contributed by atoms with Crippen molar-refractivity contribution >= 4 is 12.6 Å². The first-order valence-electron chi connectivity index (χ1n) is 5.66. The van der Waals surface area contributed by atoms with Gasteiger partial charge in [0, 0.05) is 17.5 Å². The van der Waals surface area contributed by atoms with E-state index >= 15 is 0 Å². The molecule has 2 nitrogen and oxygen atoms in total. The van der Waals surface area contributed by atoms with E-state index in [0.717, 1.165) is 11.1 Å². The molecule has 0 bridgehead atoms. The van der Waals surface area contributed by atoms with Crippen LogP contribution in [0.15, 0.2) is 42.6 Å². The maximum absolute atomic E-state index is 12.7. The lowest BCUT2D eigenvalue weighted by molar-refractivity contribution is 0.293. The molecule has 0 aliphatic carbocycles. The Bertz CT molecular complexity index is 513. The zero-order valence-electron chi connectivity index (χ0n) is 10.0. The third-order valence-electron chi connectivity index (χ3n) is 2.54. The highest BCUT2D eigenvalue weighted by atomic mass is 32.1. The third kappa shape index (κ3) is 3.47. The van der Waals surface area contributed by atoms with E-state index in [1.165, 1.54) is 12.1 Å². The number of thiol groups is 1. The topological polar surface area (TPSA) is 22.1 Å². The summed E-state index contributed by atoms with van der Waals surface area (Å²) in [5.41, 5.74) is 1.96. The van der Waals surface area contributed by atoms with Crippen molar-refractivity contribution in [3.05, 3.63) is 59.5 Å². The summed E-state index contributed by atoms with van der Waals surface area (Å²) in [5, 5.41) is 0.140. The van der Waals surface area contributed by atoms with Gasteiger partial charge >= 0.3 is 0 Å². The van der Waals surface area contributed by atoms with Gasteiger partial charge in [-0.3, -0.25) is 0 Å². The fraction of sp³-hybridized carbons (Fsp3) is 0.214. The average molecular weight is 263 g/mol. The van der Waals surface area contributed by atoms with Crippen molar-refractivity contribution in [2.45, 2.75) is 18.8 Å². The molecule has 0 N–H and O–H groups in total. The normalized spacial score (nSPS) is 12.2. The average Bonchev–Trinajstić information content (AvgIpc) is 2.38. The van der Waals surface area contributed by atoms with Gasteiger partial charge in [0.05, 0.1) is 0 Å². The van der Waals surface area contributed by atoms with Gasteiger partial charge in [0.15, 0.2) is 0 Å². The largest absolute Gasteiger partial charge is 0.473 e. The predicted molar refractivity (Wildman–Crippen MR) is 72.4 cm³/mol. The number of halogens is 1. The van der Waals surface area contributed by atoms with E-state index in [2.05, 4.69) is 17.6 Å². The van der Waals surface area contributed by atoms with Gasteiger partial charge in [-0.1, -0.05) is 12.1 Å². The van der Waals surface area contributed by atoms with Gasteiger partial charge in [-0.05, 0) is 36.2 Å². The van der Waals surface area contributed by atoms with Crippen molar-refractivity contribution < 1.29 is 9.13 Å². The molecule has 1 unspecified atom stereocenters. The molecule has 2 aromatic rings. The molecule has 1 heterocycles. The summed E-state index contributed by atoms with van der Waals surface area (Å²) < 4.78 is 18.3. The number of hydrogen-bond donors (Lipinski definition) is 1. The summed E-state index contributed by atoms with van der Waals surface area (Å²) in [6, 6.07) is 9.99. The summed E-state index contributed by atoms with van der Waals surface area (Å²) in [7, 11) is 0. The van der Waals surface area contributed by atoms with Crippen LogP contribution < -0.4 is 4.74 Å². The van der Waals surface area contributed by atoms with Gasteiger partial charge in [-0.25, -0.2) is 9.37 Å². The van der Waals surface area contributed by atoms with Crippen LogP contribution in [0.1, 0.15) is 23.3 Å². The van der Waals surface area contributed by atoms with Crippen LogP contribution in [-0.2, 0) is 6.61 Å². The number of hydrogen-bond acceptors (Lipinski definition) is 3. The molecule has 94 valence electrons. The Morgan fingerprint density at radius 2 is 2.00 bits per heavy atom. The maximum atomic E-state index is 12.7. The second kappa shape index (κ2) is 5.87. The van der Waals surface area contributed by atoms with Crippen LogP contribution in [0.2, 0.25) is 0 Å². The van der Waals surface area contributed by atoms with E-state index < -0.39 is 0 Å². The molecule has 18 heavy (non-hydrogen) atoms. The van der Waals surface area contributed by atoms with Crippen molar-refractivity contribution in [1.82, 2.24) is 4.98 Å². The molecule has 0 spiro atoms. The minimum absolute atomic E-state index is 0.140. The van der Waals surface area contributed by atoms with Gasteiger partial charge in [0.25, 0.3) is 0 Å². The quantitative estimate of drug-likeness (QED) is 0.848. The predicted octanol–water partition coefficient (Wildman–Crippen LogP) is 3.79. The first kappa shape index (κ1) is 12.9. The highest BCUT2D eigenvalue weighted by molar-refractivity contribution is 7.80. The van der Waals surface area contributed by atoms with E-state index in [1.54, 1.807) is 18.3 Å². The summed E-state index contributed by atoms with van der Waals surface area (Å²) in [6.45, 7) is 2.36. The van der Waals surface area contributed by atoms with Crippen molar-refractivity contribution in [1.29, 1.82) is 0 Å². The van der Waals surface area contributed by atoms with Gasteiger partial charge in [-0.2, -0.15) is 12.6 Å². The number of pyridine rings is 1. The van der Waals surface area contributed by atoms with Gasteiger partial charge in [0.1, 0.15) is 12.4 Å². The SMILES string of the molecule is CC(S)c1ccnc(OCc2ccc(F)cc2)c1. The van der Waals surface area contributed by atoms with E-state index in [4.69, 9.17) is 4.74 Å². The zero-order valence-corrected chi connectivity index (χ0v) is 10.9. The minimum atomic E-state index is -0.247. The minimum Gasteiger partial charge on any atom is -0.473 e. The van der Waals surface area contributed by atoms with Crippen molar-refractivity contribution in [2.75, 3.05) is 0 Å². The molecule has 0 radical (unpaired) electrons. The summed E-state index contributed by atoms with van der Waals surface area (Å²) >= 11 is 4.36. The van der Waals surface area contributed by atoms with E-state index in [9.17, 15) is 4.39 Å². The Morgan fingerprint density at radius 1 is 1.28 bits per heavy atom. The van der Waals surface area contributed by atoms with Crippen LogP contribution in [0.5, 0.6) is 5.88 Å². The Hall–Kier alpha value is -1.55. The van der Waals surface area contributed by atoms with Crippen molar-refractivity contribution in [3.63, 3.8) is 0 Å². The monoisotopic (exact) mass is 263 g/mol. The lowest BCUT2D eigenvalue weighted by atomic mass is 10.2. The van der Waals surface area contributed by atoms with Crippen LogP contribution in [0.4, 0.5) is 4.39 Å². The lowest BCUT2D eigenvalue weighted by Crippen LogP contribution is -1.98. The Labute approximate surface area is 111 Å². The highest BCUT2D eigenvalue weighted by Gasteiger charge is 2.03. The Kier molecular flexibility index (Phi) is 4.20. The summed E-state index contributed by atoms with van der Waals surface area (Å²) in [6.07, 6.45) is 1.70. The van der Waals surface area contributed by atoms with E-state index in [-0.39, 0.29) is 11.1 Å². The third-order valence-corrected chi connectivity index (χ3v) is 2.84. The fourth-order valence-electron chi connectivity index (χ4n) is 1.50. The Morgan fingerprint density at radius 3 is 2.67 bits per heavy atom. The highest BCUT2D eigenvalue weighted by Crippen LogP contribution is 2.21. The van der Waals surface area contributed by atoms with Gasteiger partial charge in [0.2, 0.25) is 5.88 Å². The van der Waals surface area contributed by atoms with Crippen LogP contribution in [0, 0.1) is 5.82 Å². The Balaban J connectivity index is 2.01. The van der Waals surface area contributed by atoms with E-state index in [0.29, 0.717) is 12.5 Å². The first-order chi connectivity index (χ1) is 8.65. The van der Waals surface area contributed by atoms with Crippen LogP contribution >= 0.6 is 12.6 Å². The zero-order chi connectivity index (χ0) is 13.0. The summed E-state index contributed by atoms with van der Waals surface area (Å²) in [4.78, 5) is 4.12. The number of benzene rings is 1. The fourth-order valence-corrected chi connectivity index (χ4v) is 1.66. The van der Waals surface area contributed by atoms with Gasteiger partial charge < -0.3 is 4.74 Å². The molecule has 1 aromatic carbocycles. The molecule has 0 saturated carbocycles. The molecule has 0 aliphatic rings. The van der Waals surface area contributed by atoms with Crippen LogP contribution in [0.3, 0.4) is 0 Å². The smallest absolute Gasteiger partial charge is 0.213 e. The molecule has 1 aromatic heterocycles. The number of aromatic nitrogens is 1. The number of ether oxygens (including phenoxy) is 1. The second-order valence-electron chi connectivity index (χ2n) is 4.02. The first-order valence-corrected chi connectivity index (χ1v) is 6.18.